The Morgan fingerprint density at radius 2 is 1.73 bits per heavy atom. The lowest BCUT2D eigenvalue weighted by molar-refractivity contribution is 0.102. The number of nitriles is 1. The number of aromatic nitrogens is 1. The summed E-state index contributed by atoms with van der Waals surface area (Å²) in [5.74, 6) is -0.345. The predicted octanol–water partition coefficient (Wildman–Crippen LogP) is 5.26. The molecule has 7 heteroatoms. The van der Waals surface area contributed by atoms with Gasteiger partial charge < -0.3 is 10.6 Å². The molecular formula is C19H12Cl2N4O. The molecule has 3 aromatic rings. The third-order valence-corrected chi connectivity index (χ3v) is 4.32. The monoisotopic (exact) mass is 382 g/mol. The normalized spacial score (nSPS) is 10.0. The number of rotatable bonds is 4. The fraction of sp³-hybridized carbons (Fsp3) is 0. The second kappa shape index (κ2) is 7.87. The Morgan fingerprint density at radius 1 is 1.00 bits per heavy atom. The van der Waals surface area contributed by atoms with Gasteiger partial charge in [-0.2, -0.15) is 5.26 Å². The highest BCUT2D eigenvalue weighted by molar-refractivity contribution is 6.43. The van der Waals surface area contributed by atoms with E-state index in [1.54, 1.807) is 54.6 Å². The Bertz CT molecular complexity index is 980. The summed E-state index contributed by atoms with van der Waals surface area (Å²) < 4.78 is 0. The van der Waals surface area contributed by atoms with Gasteiger partial charge in [0.25, 0.3) is 5.91 Å². The molecular weight excluding hydrogens is 371 g/mol. The second-order valence-corrected chi connectivity index (χ2v) is 6.09. The number of nitrogens with zero attached hydrogens (tertiary/aromatic N) is 2. The maximum atomic E-state index is 12.2. The molecule has 0 aliphatic heterocycles. The van der Waals surface area contributed by atoms with E-state index in [4.69, 9.17) is 28.5 Å². The first-order valence-electron chi connectivity index (χ1n) is 7.55. The van der Waals surface area contributed by atoms with E-state index in [9.17, 15) is 4.79 Å². The molecule has 2 aromatic carbocycles. The minimum absolute atomic E-state index is 0.261. The Kier molecular flexibility index (Phi) is 5.37. The van der Waals surface area contributed by atoms with Crippen molar-refractivity contribution in [2.45, 2.75) is 0 Å². The molecule has 5 nitrogen and oxygen atoms in total. The fourth-order valence-corrected chi connectivity index (χ4v) is 2.53. The van der Waals surface area contributed by atoms with Crippen LogP contribution in [0.5, 0.6) is 0 Å². The summed E-state index contributed by atoms with van der Waals surface area (Å²) in [7, 11) is 0. The van der Waals surface area contributed by atoms with Crippen molar-refractivity contribution in [1.82, 2.24) is 4.98 Å². The molecule has 0 atom stereocenters. The van der Waals surface area contributed by atoms with E-state index in [0.29, 0.717) is 32.7 Å². The summed E-state index contributed by atoms with van der Waals surface area (Å²) in [6.45, 7) is 0. The Hall–Kier alpha value is -3.07. The number of hydrogen-bond donors (Lipinski definition) is 2. The number of nitrogens with one attached hydrogen (secondary N) is 2. The van der Waals surface area contributed by atoms with Crippen molar-refractivity contribution in [3.8, 4) is 6.07 Å². The van der Waals surface area contributed by atoms with Crippen molar-refractivity contribution < 1.29 is 4.79 Å². The fourth-order valence-electron chi connectivity index (χ4n) is 2.18. The molecule has 3 rings (SSSR count). The SMILES string of the molecule is N#Cc1ccc(NC(=O)c2ccc(Nc3cccc(Cl)c3Cl)cn2)cc1. The summed E-state index contributed by atoms with van der Waals surface area (Å²) in [5.41, 5.74) is 2.69. The minimum Gasteiger partial charge on any atom is -0.353 e. The average molecular weight is 383 g/mol. The Morgan fingerprint density at radius 3 is 2.38 bits per heavy atom. The minimum atomic E-state index is -0.345. The molecule has 0 saturated heterocycles. The maximum absolute atomic E-state index is 12.2. The zero-order valence-corrected chi connectivity index (χ0v) is 14.8. The van der Waals surface area contributed by atoms with Gasteiger partial charge in [-0.05, 0) is 48.5 Å². The number of anilines is 3. The van der Waals surface area contributed by atoms with E-state index in [0.717, 1.165) is 0 Å². The molecule has 0 bridgehead atoms. The van der Waals surface area contributed by atoms with Crippen LogP contribution in [-0.2, 0) is 0 Å². The lowest BCUT2D eigenvalue weighted by atomic mass is 10.2. The Balaban J connectivity index is 1.69. The molecule has 2 N–H and O–H groups in total. The zero-order valence-electron chi connectivity index (χ0n) is 13.3. The van der Waals surface area contributed by atoms with Gasteiger partial charge in [-0.15, -0.1) is 0 Å². The largest absolute Gasteiger partial charge is 0.353 e. The number of pyridine rings is 1. The van der Waals surface area contributed by atoms with Crippen LogP contribution >= 0.6 is 23.2 Å². The summed E-state index contributed by atoms with van der Waals surface area (Å²) in [6.07, 6.45) is 1.53. The Labute approximate surface area is 160 Å². The van der Waals surface area contributed by atoms with E-state index in [1.165, 1.54) is 6.20 Å². The zero-order chi connectivity index (χ0) is 18.5. The first kappa shape index (κ1) is 17.7. The number of carbonyl (C=O) groups excluding carboxylic acids is 1. The van der Waals surface area contributed by atoms with Crippen molar-refractivity contribution in [1.29, 1.82) is 5.26 Å². The first-order chi connectivity index (χ1) is 12.6. The van der Waals surface area contributed by atoms with Crippen LogP contribution in [0.15, 0.2) is 60.8 Å². The molecule has 0 aliphatic rings. The van der Waals surface area contributed by atoms with Crippen LogP contribution in [0, 0.1) is 11.3 Å². The van der Waals surface area contributed by atoms with Crippen LogP contribution in [0.25, 0.3) is 0 Å². The highest BCUT2D eigenvalue weighted by Gasteiger charge is 2.09. The van der Waals surface area contributed by atoms with E-state index in [2.05, 4.69) is 15.6 Å². The maximum Gasteiger partial charge on any atom is 0.274 e. The van der Waals surface area contributed by atoms with Gasteiger partial charge in [-0.1, -0.05) is 29.3 Å². The van der Waals surface area contributed by atoms with Crippen LogP contribution in [0.1, 0.15) is 16.1 Å². The van der Waals surface area contributed by atoms with Gasteiger partial charge in [-0.25, -0.2) is 4.98 Å². The third-order valence-electron chi connectivity index (χ3n) is 3.50. The van der Waals surface area contributed by atoms with Gasteiger partial charge in [0.15, 0.2) is 0 Å². The van der Waals surface area contributed by atoms with Crippen LogP contribution in [0.3, 0.4) is 0 Å². The van der Waals surface area contributed by atoms with Crippen LogP contribution < -0.4 is 10.6 Å². The molecule has 0 spiro atoms. The number of benzene rings is 2. The average Bonchev–Trinajstić information content (AvgIpc) is 2.66. The topological polar surface area (TPSA) is 77.8 Å². The van der Waals surface area contributed by atoms with E-state index in [1.807, 2.05) is 6.07 Å². The van der Waals surface area contributed by atoms with Crippen LogP contribution in [0.4, 0.5) is 17.1 Å². The summed E-state index contributed by atoms with van der Waals surface area (Å²) >= 11 is 12.1. The lowest BCUT2D eigenvalue weighted by Crippen LogP contribution is -2.13. The van der Waals surface area contributed by atoms with Crippen LogP contribution in [-0.4, -0.2) is 10.9 Å². The van der Waals surface area contributed by atoms with Gasteiger partial charge in [-0.3, -0.25) is 4.79 Å². The van der Waals surface area contributed by atoms with E-state index >= 15 is 0 Å². The van der Waals surface area contributed by atoms with Crippen molar-refractivity contribution in [3.63, 3.8) is 0 Å². The number of hydrogen-bond acceptors (Lipinski definition) is 4. The second-order valence-electron chi connectivity index (χ2n) is 5.30. The highest BCUT2D eigenvalue weighted by atomic mass is 35.5. The molecule has 0 aliphatic carbocycles. The molecule has 1 aromatic heterocycles. The molecule has 128 valence electrons. The van der Waals surface area contributed by atoms with Gasteiger partial charge in [0.2, 0.25) is 0 Å². The first-order valence-corrected chi connectivity index (χ1v) is 8.31. The molecule has 0 unspecified atom stereocenters. The predicted molar refractivity (Wildman–Crippen MR) is 103 cm³/mol. The van der Waals surface area contributed by atoms with Gasteiger partial charge >= 0.3 is 0 Å². The number of halogens is 2. The lowest BCUT2D eigenvalue weighted by Gasteiger charge is -2.10. The van der Waals surface area contributed by atoms with Crippen molar-refractivity contribution in [2.75, 3.05) is 10.6 Å². The van der Waals surface area contributed by atoms with Gasteiger partial charge in [0.1, 0.15) is 5.69 Å². The molecule has 1 amide bonds. The highest BCUT2D eigenvalue weighted by Crippen LogP contribution is 2.31. The van der Waals surface area contributed by atoms with Gasteiger partial charge in [0.05, 0.1) is 39.2 Å². The van der Waals surface area contributed by atoms with E-state index in [-0.39, 0.29) is 11.6 Å². The number of amides is 1. The van der Waals surface area contributed by atoms with Crippen molar-refractivity contribution in [2.24, 2.45) is 0 Å². The molecule has 0 radical (unpaired) electrons. The molecule has 1 heterocycles. The van der Waals surface area contributed by atoms with Crippen LogP contribution in [0.2, 0.25) is 10.0 Å². The quantitative estimate of drug-likeness (QED) is 0.645. The van der Waals surface area contributed by atoms with Crippen molar-refractivity contribution >= 4 is 46.2 Å². The summed E-state index contributed by atoms with van der Waals surface area (Å²) in [4.78, 5) is 16.4. The smallest absolute Gasteiger partial charge is 0.274 e. The van der Waals surface area contributed by atoms with E-state index < -0.39 is 0 Å². The van der Waals surface area contributed by atoms with Crippen molar-refractivity contribution in [3.05, 3.63) is 82.1 Å². The third kappa shape index (κ3) is 4.12. The van der Waals surface area contributed by atoms with Gasteiger partial charge in [0, 0.05) is 5.69 Å². The number of carbonyl (C=O) groups is 1. The molecule has 0 saturated carbocycles. The summed E-state index contributed by atoms with van der Waals surface area (Å²) in [5, 5.41) is 15.5. The summed E-state index contributed by atoms with van der Waals surface area (Å²) in [6, 6.07) is 17.2. The standard InChI is InChI=1S/C19H12Cl2N4O/c20-15-2-1-3-16(18(15)21)24-14-8-9-17(23-11-14)19(26)25-13-6-4-12(10-22)5-7-13/h1-9,11,24H,(H,25,26). The molecule has 0 fully saturated rings. The molecule has 26 heavy (non-hydrogen) atoms.